The van der Waals surface area contributed by atoms with Crippen molar-refractivity contribution in [3.05, 3.63) is 43.2 Å². The number of hydrogen-bond donors (Lipinski definition) is 2. The van der Waals surface area contributed by atoms with Crippen LogP contribution in [0, 0.1) is 0 Å². The summed E-state index contributed by atoms with van der Waals surface area (Å²) in [5, 5.41) is 2.83. The lowest BCUT2D eigenvalue weighted by Gasteiger charge is -2.07. The third-order valence-corrected chi connectivity index (χ3v) is 4.29. The van der Waals surface area contributed by atoms with E-state index >= 15 is 0 Å². The topological polar surface area (TPSA) is 93.4 Å². The van der Waals surface area contributed by atoms with E-state index in [0.29, 0.717) is 5.65 Å². The van der Waals surface area contributed by atoms with Crippen LogP contribution in [-0.2, 0) is 0 Å². The molecule has 0 saturated carbocycles. The Morgan fingerprint density at radius 1 is 1.05 bits per heavy atom. The van der Waals surface area contributed by atoms with Gasteiger partial charge in [-0.25, -0.2) is 15.0 Å². The Bertz CT molecular complexity index is 948. The Hall–Kier alpha value is -2.67. The number of aromatic nitrogens is 5. The summed E-state index contributed by atoms with van der Waals surface area (Å²) in [5.74, 6) is 0. The number of anilines is 1. The first-order valence-corrected chi connectivity index (χ1v) is 7.09. The number of H-pyrrole nitrogens is 1. The Morgan fingerprint density at radius 2 is 2.00 bits per heavy atom. The molecule has 0 atom stereocenters. The highest BCUT2D eigenvalue weighted by molar-refractivity contribution is 7.99. The van der Waals surface area contributed by atoms with Gasteiger partial charge in [-0.05, 0) is 18.2 Å². The lowest BCUT2D eigenvalue weighted by molar-refractivity contribution is 1.09. The summed E-state index contributed by atoms with van der Waals surface area (Å²) in [5.41, 5.74) is 8.22. The number of nitrogens with zero attached hydrogens (tertiary/aromatic N) is 4. The van der Waals surface area contributed by atoms with Gasteiger partial charge >= 0.3 is 0 Å². The molecule has 0 fully saturated rings. The largest absolute Gasteiger partial charge is 0.398 e. The molecular weight excluding hydrogens is 284 g/mol. The van der Waals surface area contributed by atoms with Gasteiger partial charge in [0, 0.05) is 33.7 Å². The van der Waals surface area contributed by atoms with Gasteiger partial charge in [-0.15, -0.1) is 0 Å². The van der Waals surface area contributed by atoms with Crippen molar-refractivity contribution in [1.29, 1.82) is 0 Å². The lowest BCUT2D eigenvalue weighted by atomic mass is 10.1. The van der Waals surface area contributed by atoms with E-state index in [1.165, 1.54) is 6.33 Å². The average molecular weight is 294 g/mol. The third kappa shape index (κ3) is 1.98. The first kappa shape index (κ1) is 12.1. The summed E-state index contributed by atoms with van der Waals surface area (Å²) in [7, 11) is 0. The maximum absolute atomic E-state index is 6.00. The maximum atomic E-state index is 6.00. The van der Waals surface area contributed by atoms with Crippen molar-refractivity contribution >= 4 is 39.4 Å². The molecule has 1 aromatic carbocycles. The molecule has 21 heavy (non-hydrogen) atoms. The molecule has 0 aliphatic heterocycles. The number of benzene rings is 1. The predicted octanol–water partition coefficient (Wildman–Crippen LogP) is 2.63. The van der Waals surface area contributed by atoms with Crippen molar-refractivity contribution in [2.45, 2.75) is 9.92 Å². The van der Waals surface area contributed by atoms with Gasteiger partial charge < -0.3 is 10.7 Å². The van der Waals surface area contributed by atoms with E-state index < -0.39 is 0 Å². The Morgan fingerprint density at radius 3 is 2.95 bits per heavy atom. The minimum atomic E-state index is 0.661. The van der Waals surface area contributed by atoms with Crippen LogP contribution in [0.1, 0.15) is 0 Å². The summed E-state index contributed by atoms with van der Waals surface area (Å²) in [6, 6.07) is 5.84. The van der Waals surface area contributed by atoms with Crippen LogP contribution in [0.4, 0.5) is 5.69 Å². The van der Waals surface area contributed by atoms with Gasteiger partial charge in [0.15, 0.2) is 5.65 Å². The highest BCUT2D eigenvalue weighted by atomic mass is 32.2. The summed E-state index contributed by atoms with van der Waals surface area (Å²) >= 11 is 1.55. The van der Waals surface area contributed by atoms with E-state index in [1.807, 2.05) is 18.2 Å². The van der Waals surface area contributed by atoms with E-state index in [0.717, 1.165) is 31.9 Å². The van der Waals surface area contributed by atoms with Crippen LogP contribution < -0.4 is 5.73 Å². The number of imidazole rings is 1. The normalized spacial score (nSPS) is 11.2. The fraction of sp³-hybridized carbons (Fsp3) is 0. The van der Waals surface area contributed by atoms with E-state index in [9.17, 15) is 0 Å². The van der Waals surface area contributed by atoms with Crippen LogP contribution in [0.15, 0.2) is 53.2 Å². The Kier molecular flexibility index (Phi) is 2.71. The van der Waals surface area contributed by atoms with Crippen molar-refractivity contribution in [3.8, 4) is 0 Å². The number of hydrogen-bond acceptors (Lipinski definition) is 6. The zero-order valence-corrected chi connectivity index (χ0v) is 11.6. The smallest absolute Gasteiger partial charge is 0.181 e. The van der Waals surface area contributed by atoms with Gasteiger partial charge in [0.25, 0.3) is 0 Å². The molecule has 0 radical (unpaired) electrons. The molecule has 0 bridgehead atoms. The highest BCUT2D eigenvalue weighted by Crippen LogP contribution is 2.36. The van der Waals surface area contributed by atoms with Crippen LogP contribution in [-0.4, -0.2) is 24.9 Å². The molecular formula is C14H10N6S. The van der Waals surface area contributed by atoms with Crippen LogP contribution in [0.25, 0.3) is 21.9 Å². The molecule has 102 valence electrons. The van der Waals surface area contributed by atoms with Crippen LogP contribution in [0.3, 0.4) is 0 Å². The summed E-state index contributed by atoms with van der Waals surface area (Å²) in [6.07, 6.45) is 6.68. The van der Waals surface area contributed by atoms with Crippen molar-refractivity contribution in [3.63, 3.8) is 0 Å². The van der Waals surface area contributed by atoms with Gasteiger partial charge in [0.1, 0.15) is 16.9 Å². The fourth-order valence-corrected chi connectivity index (χ4v) is 3.18. The Balaban J connectivity index is 1.88. The van der Waals surface area contributed by atoms with Crippen molar-refractivity contribution in [1.82, 2.24) is 24.9 Å². The number of aromatic amines is 1. The number of nitrogens with two attached hydrogens (primary N) is 1. The number of pyridine rings is 1. The standard InChI is InChI=1S/C14H10N6S/c15-10-1-2-11(8-3-4-16-5-9(8)10)21-14-12-13(18-6-17-12)19-7-20-14/h1-7H,15H2,(H,17,18,19,20). The molecule has 7 heteroatoms. The van der Waals surface area contributed by atoms with Gasteiger partial charge in [0.05, 0.1) is 6.33 Å². The molecule has 0 spiro atoms. The predicted molar refractivity (Wildman–Crippen MR) is 82.0 cm³/mol. The Labute approximate surface area is 123 Å². The van der Waals surface area contributed by atoms with E-state index in [2.05, 4.69) is 24.9 Å². The van der Waals surface area contributed by atoms with Crippen molar-refractivity contribution in [2.24, 2.45) is 0 Å². The van der Waals surface area contributed by atoms with Crippen molar-refractivity contribution < 1.29 is 0 Å². The first-order valence-electron chi connectivity index (χ1n) is 6.27. The monoisotopic (exact) mass is 294 g/mol. The maximum Gasteiger partial charge on any atom is 0.181 e. The van der Waals surface area contributed by atoms with E-state index in [4.69, 9.17) is 5.73 Å². The van der Waals surface area contributed by atoms with Crippen LogP contribution in [0.5, 0.6) is 0 Å². The SMILES string of the molecule is Nc1ccc(Sc2ncnc3nc[nH]c23)c2ccncc12. The van der Waals surface area contributed by atoms with Crippen molar-refractivity contribution in [2.75, 3.05) is 5.73 Å². The van der Waals surface area contributed by atoms with Gasteiger partial charge in [-0.1, -0.05) is 11.8 Å². The second kappa shape index (κ2) is 4.71. The molecule has 0 aliphatic rings. The first-order chi connectivity index (χ1) is 10.3. The van der Waals surface area contributed by atoms with Crippen LogP contribution >= 0.6 is 11.8 Å². The molecule has 4 aromatic rings. The minimum absolute atomic E-state index is 0.661. The molecule has 0 unspecified atom stereocenters. The molecule has 3 N–H and O–H groups in total. The highest BCUT2D eigenvalue weighted by Gasteiger charge is 2.10. The van der Waals surface area contributed by atoms with Gasteiger partial charge in [0.2, 0.25) is 0 Å². The third-order valence-electron chi connectivity index (χ3n) is 3.21. The number of fused-ring (bicyclic) bond motifs is 2. The number of nitrogens with one attached hydrogen (secondary N) is 1. The van der Waals surface area contributed by atoms with E-state index in [1.54, 1.807) is 30.5 Å². The molecule has 3 aromatic heterocycles. The second-order valence-electron chi connectivity index (χ2n) is 4.46. The molecule has 4 rings (SSSR count). The van der Waals surface area contributed by atoms with Gasteiger partial charge in [-0.2, -0.15) is 0 Å². The van der Waals surface area contributed by atoms with Crippen LogP contribution in [0.2, 0.25) is 0 Å². The van der Waals surface area contributed by atoms with E-state index in [-0.39, 0.29) is 0 Å². The lowest BCUT2D eigenvalue weighted by Crippen LogP contribution is -1.90. The molecule has 0 aliphatic carbocycles. The second-order valence-corrected chi connectivity index (χ2v) is 5.49. The fourth-order valence-electron chi connectivity index (χ4n) is 2.20. The average Bonchev–Trinajstić information content (AvgIpc) is 3.00. The zero-order chi connectivity index (χ0) is 14.2. The number of nitrogen functional groups attached to an aromatic ring is 1. The summed E-state index contributed by atoms with van der Waals surface area (Å²) < 4.78 is 0. The summed E-state index contributed by atoms with van der Waals surface area (Å²) in [6.45, 7) is 0. The minimum Gasteiger partial charge on any atom is -0.398 e. The summed E-state index contributed by atoms with van der Waals surface area (Å²) in [4.78, 5) is 20.9. The quantitative estimate of drug-likeness (QED) is 0.436. The number of rotatable bonds is 2. The van der Waals surface area contributed by atoms with Gasteiger partial charge in [-0.3, -0.25) is 4.98 Å². The molecule has 0 saturated heterocycles. The molecule has 0 amide bonds. The molecule has 6 nitrogen and oxygen atoms in total. The zero-order valence-electron chi connectivity index (χ0n) is 10.8. The molecule has 3 heterocycles.